The van der Waals surface area contributed by atoms with E-state index in [0.29, 0.717) is 0 Å². The minimum atomic E-state index is -0.433. The molecule has 2 aliphatic rings. The Balaban J connectivity index is 1.43. The number of hydrogen-bond acceptors (Lipinski definition) is 2. The third kappa shape index (κ3) is 3.23. The van der Waals surface area contributed by atoms with Gasteiger partial charge in [0.05, 0.1) is 22.4 Å². The largest absolute Gasteiger partial charge is 0.503 e. The first-order valence-electron chi connectivity index (χ1n) is 12.0. The van der Waals surface area contributed by atoms with Gasteiger partial charge in [-0.3, -0.25) is 0 Å². The molecule has 0 saturated carbocycles. The van der Waals surface area contributed by atoms with Gasteiger partial charge in [0, 0.05) is 33.2 Å². The number of benzene rings is 2. The van der Waals surface area contributed by atoms with Crippen molar-refractivity contribution in [3.63, 3.8) is 0 Å². The second kappa shape index (κ2) is 7.63. The van der Waals surface area contributed by atoms with Crippen LogP contribution in [0.2, 0.25) is 0 Å². The first-order valence-corrected chi connectivity index (χ1v) is 12.0. The van der Waals surface area contributed by atoms with Crippen molar-refractivity contribution in [3.8, 4) is 16.8 Å². The van der Waals surface area contributed by atoms with Crippen LogP contribution in [0.3, 0.4) is 0 Å². The third-order valence-corrected chi connectivity index (χ3v) is 7.56. The van der Waals surface area contributed by atoms with Crippen LogP contribution in [0.25, 0.3) is 33.8 Å². The monoisotopic (exact) mass is 445 g/mol. The molecule has 0 radical (unpaired) electrons. The minimum Gasteiger partial charge on any atom is -0.399 e. The molecule has 1 aromatic heterocycles. The lowest BCUT2D eigenvalue weighted by Gasteiger charge is -2.32. The Kier molecular flexibility index (Phi) is 4.78. The van der Waals surface area contributed by atoms with Gasteiger partial charge in [0.2, 0.25) is 0 Å². The standard InChI is InChI=1S/C30H28BNO2/c1-29(2)30(3,4)34-31(33-29)22-19-17-21(18-20-22)23-11-5-8-14-26(23)32-27-15-9-6-12-24(27)25-13-7-10-16-28(25)32/h5-9,11-15,17,19H,10,16H2,1-4H3. The number of fused-ring (bicyclic) bond motifs is 3. The van der Waals surface area contributed by atoms with Crippen molar-refractivity contribution < 1.29 is 9.31 Å². The van der Waals surface area contributed by atoms with Crippen molar-refractivity contribution in [2.24, 2.45) is 0 Å². The molecule has 4 aromatic rings. The summed E-state index contributed by atoms with van der Waals surface area (Å²) in [6, 6.07) is 28.2. The van der Waals surface area contributed by atoms with Crippen molar-refractivity contribution in [1.29, 1.82) is 0 Å². The number of allylic oxidation sites excluding steroid dienone is 1. The van der Waals surface area contributed by atoms with Crippen LogP contribution in [0.5, 0.6) is 0 Å². The molecule has 1 aliphatic carbocycles. The van der Waals surface area contributed by atoms with Gasteiger partial charge in [0.1, 0.15) is 0 Å². The van der Waals surface area contributed by atoms with Gasteiger partial charge in [0.15, 0.2) is 0 Å². The van der Waals surface area contributed by atoms with Gasteiger partial charge >= 0.3 is 7.12 Å². The van der Waals surface area contributed by atoms with Gasteiger partial charge in [-0.25, -0.2) is 0 Å². The van der Waals surface area contributed by atoms with Crippen molar-refractivity contribution in [2.75, 3.05) is 0 Å². The topological polar surface area (TPSA) is 23.4 Å². The number of hydrogen-bond donors (Lipinski definition) is 0. The summed E-state index contributed by atoms with van der Waals surface area (Å²) in [7, 11) is -0.433. The van der Waals surface area contributed by atoms with Gasteiger partial charge in [-0.2, -0.15) is 0 Å². The molecule has 0 N–H and O–H groups in total. The SMILES string of the molecule is CC1(C)OB(c2c#cc(-c3ccccc3-n3c4c(c5ccccc53)C=CCC4)cc2)OC1(C)C. The number of rotatable bonds is 3. The Bertz CT molecular complexity index is 1400. The Morgan fingerprint density at radius 2 is 1.59 bits per heavy atom. The van der Waals surface area contributed by atoms with E-state index in [2.05, 4.69) is 117 Å². The molecule has 1 aliphatic heterocycles. The molecule has 6 rings (SSSR count). The van der Waals surface area contributed by atoms with Crippen LogP contribution < -0.4 is 5.46 Å². The number of nitrogens with zero attached hydrogens (tertiary/aromatic N) is 1. The Morgan fingerprint density at radius 3 is 2.35 bits per heavy atom. The summed E-state index contributed by atoms with van der Waals surface area (Å²) in [6.07, 6.45) is 6.65. The molecule has 0 unspecified atom stereocenters. The highest BCUT2D eigenvalue weighted by Crippen LogP contribution is 2.38. The fraction of sp³-hybridized carbons (Fsp3) is 0.267. The molecule has 0 amide bonds. The second-order valence-electron chi connectivity index (χ2n) is 10.2. The molecule has 3 aromatic carbocycles. The Hall–Kier alpha value is -3.26. The molecule has 0 spiro atoms. The van der Waals surface area contributed by atoms with Crippen molar-refractivity contribution in [3.05, 3.63) is 90.1 Å². The Labute approximate surface area is 202 Å². The summed E-state index contributed by atoms with van der Waals surface area (Å²) in [5.74, 6) is 0. The van der Waals surface area contributed by atoms with Crippen LogP contribution in [-0.2, 0) is 15.7 Å². The molecule has 2 heterocycles. The van der Waals surface area contributed by atoms with Crippen molar-refractivity contribution >= 4 is 29.6 Å². The fourth-order valence-electron chi connectivity index (χ4n) is 5.00. The molecular formula is C30H28BNO2. The summed E-state index contributed by atoms with van der Waals surface area (Å²) in [5.41, 5.74) is 7.38. The van der Waals surface area contributed by atoms with E-state index in [9.17, 15) is 0 Å². The van der Waals surface area contributed by atoms with Gasteiger partial charge in [-0.1, -0.05) is 66.7 Å². The molecule has 1 saturated heterocycles. The summed E-state index contributed by atoms with van der Waals surface area (Å²) < 4.78 is 14.8. The van der Waals surface area contributed by atoms with Crippen LogP contribution >= 0.6 is 0 Å². The molecule has 1 fully saturated rings. The highest BCUT2D eigenvalue weighted by Gasteiger charge is 2.51. The molecule has 4 heteroatoms. The van der Waals surface area contributed by atoms with E-state index < -0.39 is 7.12 Å². The maximum Gasteiger partial charge on any atom is 0.503 e. The molecule has 168 valence electrons. The predicted octanol–water partition coefficient (Wildman–Crippen LogP) is 6.16. The summed E-state index contributed by atoms with van der Waals surface area (Å²) in [4.78, 5) is 0. The van der Waals surface area contributed by atoms with Crippen molar-refractivity contribution in [2.45, 2.75) is 51.7 Å². The highest BCUT2D eigenvalue weighted by atomic mass is 16.7. The van der Waals surface area contributed by atoms with E-state index in [1.807, 2.05) is 0 Å². The average molecular weight is 445 g/mol. The van der Waals surface area contributed by atoms with E-state index in [-0.39, 0.29) is 11.2 Å². The summed E-state index contributed by atoms with van der Waals surface area (Å²) in [6.45, 7) is 8.27. The number of aromatic nitrogens is 1. The van der Waals surface area contributed by atoms with Gasteiger partial charge in [-0.15, -0.1) is 0 Å². The zero-order valence-corrected chi connectivity index (χ0v) is 20.2. The molecule has 0 bridgehead atoms. The van der Waals surface area contributed by atoms with E-state index >= 15 is 0 Å². The second-order valence-corrected chi connectivity index (χ2v) is 10.2. The van der Waals surface area contributed by atoms with Crippen LogP contribution in [0.1, 0.15) is 45.4 Å². The van der Waals surface area contributed by atoms with Crippen LogP contribution in [0, 0.1) is 12.1 Å². The van der Waals surface area contributed by atoms with Gasteiger partial charge in [-0.05, 0) is 58.7 Å². The predicted molar refractivity (Wildman–Crippen MR) is 139 cm³/mol. The fourth-order valence-corrected chi connectivity index (χ4v) is 5.00. The van der Waals surface area contributed by atoms with Crippen LogP contribution in [-0.4, -0.2) is 22.9 Å². The van der Waals surface area contributed by atoms with E-state index in [0.717, 1.165) is 29.4 Å². The number of para-hydroxylation sites is 2. The quantitative estimate of drug-likeness (QED) is 0.353. The lowest BCUT2D eigenvalue weighted by molar-refractivity contribution is 0.00578. The van der Waals surface area contributed by atoms with Crippen molar-refractivity contribution in [1.82, 2.24) is 4.57 Å². The maximum atomic E-state index is 6.20. The summed E-state index contributed by atoms with van der Waals surface area (Å²) >= 11 is 0. The van der Waals surface area contributed by atoms with E-state index in [4.69, 9.17) is 9.31 Å². The lowest BCUT2D eigenvalue weighted by atomic mass is 9.80. The van der Waals surface area contributed by atoms with E-state index in [1.165, 1.54) is 27.8 Å². The normalized spacial score (nSPS) is 18.2. The maximum absolute atomic E-state index is 6.20. The first-order chi connectivity index (χ1) is 16.4. The van der Waals surface area contributed by atoms with Crippen LogP contribution in [0.4, 0.5) is 0 Å². The first kappa shape index (κ1) is 21.3. The lowest BCUT2D eigenvalue weighted by Crippen LogP contribution is -2.41. The minimum absolute atomic E-state index is 0.375. The zero-order chi connectivity index (χ0) is 23.5. The van der Waals surface area contributed by atoms with Gasteiger partial charge in [0.25, 0.3) is 0 Å². The molecule has 0 atom stereocenters. The Morgan fingerprint density at radius 1 is 0.853 bits per heavy atom. The smallest absolute Gasteiger partial charge is 0.399 e. The average Bonchev–Trinajstić information content (AvgIpc) is 3.29. The van der Waals surface area contributed by atoms with Gasteiger partial charge < -0.3 is 13.9 Å². The van der Waals surface area contributed by atoms with Crippen LogP contribution in [0.15, 0.2) is 66.7 Å². The zero-order valence-electron chi connectivity index (χ0n) is 20.2. The molecular weight excluding hydrogens is 417 g/mol. The molecule has 34 heavy (non-hydrogen) atoms. The molecule has 3 nitrogen and oxygen atoms in total. The highest BCUT2D eigenvalue weighted by molar-refractivity contribution is 6.61. The van der Waals surface area contributed by atoms with E-state index in [1.54, 1.807) is 0 Å². The summed E-state index contributed by atoms with van der Waals surface area (Å²) in [5, 5.41) is 1.30. The third-order valence-electron chi connectivity index (χ3n) is 7.56.